The van der Waals surface area contributed by atoms with Gasteiger partial charge in [0.05, 0.1) is 11.7 Å². The summed E-state index contributed by atoms with van der Waals surface area (Å²) in [7, 11) is 0. The van der Waals surface area contributed by atoms with Crippen LogP contribution in [0.4, 0.5) is 0 Å². The number of aromatic nitrogens is 2. The van der Waals surface area contributed by atoms with E-state index in [1.54, 1.807) is 0 Å². The highest BCUT2D eigenvalue weighted by Gasteiger charge is 2.22. The molecule has 1 aromatic rings. The highest BCUT2D eigenvalue weighted by atomic mass is 79.9. The number of hydrogen-bond acceptors (Lipinski definition) is 2. The maximum Gasteiger partial charge on any atom is 0.0765 e. The van der Waals surface area contributed by atoms with Crippen LogP contribution in [0.15, 0.2) is 12.3 Å². The van der Waals surface area contributed by atoms with Gasteiger partial charge in [0.1, 0.15) is 0 Å². The molecule has 1 fully saturated rings. The van der Waals surface area contributed by atoms with E-state index in [0.717, 1.165) is 37.3 Å². The van der Waals surface area contributed by atoms with Gasteiger partial charge < -0.3 is 0 Å². The van der Waals surface area contributed by atoms with Crippen LogP contribution in [-0.4, -0.2) is 32.6 Å². The van der Waals surface area contributed by atoms with Crippen molar-refractivity contribution in [3.05, 3.63) is 18.0 Å². The molecule has 0 radical (unpaired) electrons. The standard InChI is InChI=1S/C16H28BrN3/c1-3-15(4-2)20-11-9-14(18-20)13-19(12-10-17)16-7-5-6-8-16/h9,11,15-16H,3-8,10,12-13H2,1-2H3. The van der Waals surface area contributed by atoms with E-state index in [2.05, 4.69) is 51.6 Å². The maximum atomic E-state index is 4.81. The van der Waals surface area contributed by atoms with Crippen LogP contribution in [0.5, 0.6) is 0 Å². The Balaban J connectivity index is 1.99. The third-order valence-corrected chi connectivity index (χ3v) is 4.91. The average Bonchev–Trinajstić information content (AvgIpc) is 3.11. The third kappa shape index (κ3) is 4.08. The van der Waals surface area contributed by atoms with E-state index in [1.807, 2.05) is 0 Å². The van der Waals surface area contributed by atoms with Crippen molar-refractivity contribution in [2.45, 2.75) is 71.0 Å². The maximum absolute atomic E-state index is 4.81. The molecule has 0 spiro atoms. The molecule has 0 N–H and O–H groups in total. The molecule has 1 saturated carbocycles. The number of hydrogen-bond donors (Lipinski definition) is 0. The lowest BCUT2D eigenvalue weighted by atomic mass is 10.2. The predicted octanol–water partition coefficient (Wildman–Crippen LogP) is 4.38. The molecule has 1 aliphatic rings. The summed E-state index contributed by atoms with van der Waals surface area (Å²) in [6.45, 7) is 6.61. The molecule has 4 heteroatoms. The van der Waals surface area contributed by atoms with Crippen molar-refractivity contribution in [3.63, 3.8) is 0 Å². The van der Waals surface area contributed by atoms with E-state index >= 15 is 0 Å². The van der Waals surface area contributed by atoms with Crippen LogP contribution < -0.4 is 0 Å². The fourth-order valence-corrected chi connectivity index (χ4v) is 3.76. The smallest absolute Gasteiger partial charge is 0.0765 e. The molecule has 0 amide bonds. The Labute approximate surface area is 131 Å². The zero-order valence-electron chi connectivity index (χ0n) is 12.9. The van der Waals surface area contributed by atoms with E-state index in [4.69, 9.17) is 5.10 Å². The molecule has 1 aliphatic carbocycles. The Morgan fingerprint density at radius 1 is 1.35 bits per heavy atom. The first-order chi connectivity index (χ1) is 9.78. The second-order valence-electron chi connectivity index (χ2n) is 5.86. The first kappa shape index (κ1) is 16.0. The largest absolute Gasteiger partial charge is 0.294 e. The van der Waals surface area contributed by atoms with E-state index in [9.17, 15) is 0 Å². The van der Waals surface area contributed by atoms with E-state index < -0.39 is 0 Å². The van der Waals surface area contributed by atoms with Gasteiger partial charge in [-0.15, -0.1) is 0 Å². The lowest BCUT2D eigenvalue weighted by Crippen LogP contribution is -2.34. The predicted molar refractivity (Wildman–Crippen MR) is 88.3 cm³/mol. The molecule has 0 atom stereocenters. The number of rotatable bonds is 8. The highest BCUT2D eigenvalue weighted by molar-refractivity contribution is 9.09. The van der Waals surface area contributed by atoms with Crippen molar-refractivity contribution >= 4 is 15.9 Å². The van der Waals surface area contributed by atoms with Crippen LogP contribution in [-0.2, 0) is 6.54 Å². The lowest BCUT2D eigenvalue weighted by Gasteiger charge is -2.27. The Morgan fingerprint density at radius 3 is 2.65 bits per heavy atom. The number of alkyl halides is 1. The van der Waals surface area contributed by atoms with Gasteiger partial charge in [-0.1, -0.05) is 42.6 Å². The summed E-state index contributed by atoms with van der Waals surface area (Å²) in [6.07, 6.45) is 9.99. The van der Waals surface area contributed by atoms with Gasteiger partial charge >= 0.3 is 0 Å². The molecule has 1 heterocycles. The van der Waals surface area contributed by atoms with Crippen LogP contribution in [0.1, 0.15) is 64.1 Å². The molecule has 114 valence electrons. The topological polar surface area (TPSA) is 21.1 Å². The van der Waals surface area contributed by atoms with Crippen LogP contribution in [0.3, 0.4) is 0 Å². The highest BCUT2D eigenvalue weighted by Crippen LogP contribution is 2.25. The van der Waals surface area contributed by atoms with Gasteiger partial charge in [0.25, 0.3) is 0 Å². The first-order valence-corrected chi connectivity index (χ1v) is 9.24. The summed E-state index contributed by atoms with van der Waals surface area (Å²) in [5, 5.41) is 5.86. The first-order valence-electron chi connectivity index (χ1n) is 8.12. The molecule has 1 aromatic heterocycles. The van der Waals surface area contributed by atoms with Crippen molar-refractivity contribution in [1.29, 1.82) is 0 Å². The van der Waals surface area contributed by atoms with Crippen molar-refractivity contribution < 1.29 is 0 Å². The van der Waals surface area contributed by atoms with Crippen LogP contribution in [0.2, 0.25) is 0 Å². The van der Waals surface area contributed by atoms with E-state index in [0.29, 0.717) is 6.04 Å². The zero-order chi connectivity index (χ0) is 14.4. The van der Waals surface area contributed by atoms with Gasteiger partial charge in [0.2, 0.25) is 0 Å². The molecule has 0 bridgehead atoms. The lowest BCUT2D eigenvalue weighted by molar-refractivity contribution is 0.199. The summed E-state index contributed by atoms with van der Waals surface area (Å²) in [5.41, 5.74) is 1.23. The van der Waals surface area contributed by atoms with Crippen molar-refractivity contribution in [1.82, 2.24) is 14.7 Å². The van der Waals surface area contributed by atoms with Crippen molar-refractivity contribution in [3.8, 4) is 0 Å². The van der Waals surface area contributed by atoms with Gasteiger partial charge in [-0.3, -0.25) is 9.58 Å². The second-order valence-corrected chi connectivity index (χ2v) is 6.65. The molecule has 20 heavy (non-hydrogen) atoms. The fourth-order valence-electron chi connectivity index (χ4n) is 3.30. The summed E-state index contributed by atoms with van der Waals surface area (Å²) in [6, 6.07) is 3.53. The van der Waals surface area contributed by atoms with Gasteiger partial charge in [0, 0.05) is 30.7 Å². The second kappa shape index (κ2) is 8.18. The van der Waals surface area contributed by atoms with Crippen molar-refractivity contribution in [2.24, 2.45) is 0 Å². The molecular formula is C16H28BrN3. The van der Waals surface area contributed by atoms with Crippen LogP contribution in [0.25, 0.3) is 0 Å². The summed E-state index contributed by atoms with van der Waals surface area (Å²) in [5.74, 6) is 0. The third-order valence-electron chi connectivity index (χ3n) is 4.56. The Bertz CT molecular complexity index is 381. The van der Waals surface area contributed by atoms with Crippen LogP contribution in [0, 0.1) is 0 Å². The minimum atomic E-state index is 0.555. The monoisotopic (exact) mass is 341 g/mol. The summed E-state index contributed by atoms with van der Waals surface area (Å²) >= 11 is 3.59. The van der Waals surface area contributed by atoms with E-state index in [-0.39, 0.29) is 0 Å². The Morgan fingerprint density at radius 2 is 2.05 bits per heavy atom. The van der Waals surface area contributed by atoms with Crippen LogP contribution >= 0.6 is 15.9 Å². The summed E-state index contributed by atoms with van der Waals surface area (Å²) in [4.78, 5) is 2.61. The number of halogens is 1. The molecule has 0 aromatic carbocycles. The molecule has 2 rings (SSSR count). The zero-order valence-corrected chi connectivity index (χ0v) is 14.5. The van der Waals surface area contributed by atoms with Gasteiger partial charge in [-0.05, 0) is 31.7 Å². The molecular weight excluding hydrogens is 314 g/mol. The van der Waals surface area contributed by atoms with Gasteiger partial charge in [0.15, 0.2) is 0 Å². The summed E-state index contributed by atoms with van der Waals surface area (Å²) < 4.78 is 2.16. The Kier molecular flexibility index (Phi) is 6.56. The molecule has 0 saturated heterocycles. The normalized spacial score (nSPS) is 16.6. The Hall–Kier alpha value is -0.350. The SMILES string of the molecule is CCC(CC)n1ccc(CN(CCBr)C2CCCC2)n1. The molecule has 0 unspecified atom stereocenters. The minimum Gasteiger partial charge on any atom is -0.294 e. The quantitative estimate of drug-likeness (QED) is 0.654. The van der Waals surface area contributed by atoms with Crippen molar-refractivity contribution in [2.75, 3.05) is 11.9 Å². The molecule has 0 aliphatic heterocycles. The van der Waals surface area contributed by atoms with Gasteiger partial charge in [-0.2, -0.15) is 5.10 Å². The van der Waals surface area contributed by atoms with Gasteiger partial charge in [-0.25, -0.2) is 0 Å². The minimum absolute atomic E-state index is 0.555. The number of nitrogens with zero attached hydrogens (tertiary/aromatic N) is 3. The van der Waals surface area contributed by atoms with E-state index in [1.165, 1.54) is 31.4 Å². The molecule has 3 nitrogen and oxygen atoms in total. The average molecular weight is 342 g/mol. The fraction of sp³-hybridized carbons (Fsp3) is 0.812.